The van der Waals surface area contributed by atoms with Gasteiger partial charge in [0.2, 0.25) is 10.0 Å². The van der Waals surface area contributed by atoms with E-state index in [1.54, 1.807) is 12.1 Å². The van der Waals surface area contributed by atoms with Gasteiger partial charge in [-0.05, 0) is 19.1 Å². The van der Waals surface area contributed by atoms with Crippen molar-refractivity contribution >= 4 is 10.0 Å². The molecule has 3 atom stereocenters. The lowest BCUT2D eigenvalue weighted by Crippen LogP contribution is -2.44. The smallest absolute Gasteiger partial charge is 0.240 e. The Labute approximate surface area is 112 Å². The molecule has 19 heavy (non-hydrogen) atoms. The van der Waals surface area contributed by atoms with Gasteiger partial charge in [0.25, 0.3) is 0 Å². The van der Waals surface area contributed by atoms with Gasteiger partial charge in [-0.15, -0.1) is 0 Å². The second kappa shape index (κ2) is 5.56. The molecule has 3 N–H and O–H groups in total. The average molecular weight is 287 g/mol. The number of sulfonamides is 1. The minimum Gasteiger partial charge on any atom is -0.394 e. The van der Waals surface area contributed by atoms with E-state index in [0.717, 1.165) is 5.56 Å². The number of aryl methyl sites for hydroxylation is 1. The summed E-state index contributed by atoms with van der Waals surface area (Å²) >= 11 is 0. The number of nitrogens with one attached hydrogen (secondary N) is 1. The van der Waals surface area contributed by atoms with E-state index < -0.39 is 28.3 Å². The molecular formula is C12H17NO5S. The first-order valence-corrected chi connectivity index (χ1v) is 7.42. The highest BCUT2D eigenvalue weighted by Crippen LogP contribution is 2.17. The Morgan fingerprint density at radius 2 is 2.00 bits per heavy atom. The summed E-state index contributed by atoms with van der Waals surface area (Å²) in [7, 11) is -3.70. The van der Waals surface area contributed by atoms with Crippen molar-refractivity contribution in [2.75, 3.05) is 13.2 Å². The van der Waals surface area contributed by atoms with Crippen molar-refractivity contribution in [2.45, 2.75) is 30.1 Å². The molecule has 1 aromatic carbocycles. The molecule has 0 aromatic heterocycles. The van der Waals surface area contributed by atoms with Crippen molar-refractivity contribution in [3.8, 4) is 0 Å². The second-order valence-electron chi connectivity index (χ2n) is 4.59. The molecule has 0 aliphatic carbocycles. The van der Waals surface area contributed by atoms with Crippen molar-refractivity contribution in [1.82, 2.24) is 4.72 Å². The lowest BCUT2D eigenvalue weighted by atomic mass is 10.1. The van der Waals surface area contributed by atoms with Gasteiger partial charge in [0.15, 0.2) is 0 Å². The van der Waals surface area contributed by atoms with Crippen LogP contribution in [0, 0.1) is 6.92 Å². The number of ether oxygens (including phenoxy) is 1. The number of aliphatic hydroxyl groups excluding tert-OH is 2. The maximum Gasteiger partial charge on any atom is 0.240 e. The van der Waals surface area contributed by atoms with E-state index in [0.29, 0.717) is 0 Å². The lowest BCUT2D eigenvalue weighted by Gasteiger charge is -2.17. The second-order valence-corrected chi connectivity index (χ2v) is 6.30. The van der Waals surface area contributed by atoms with Gasteiger partial charge >= 0.3 is 0 Å². The van der Waals surface area contributed by atoms with Crippen LogP contribution in [0.2, 0.25) is 0 Å². The molecule has 0 spiro atoms. The highest BCUT2D eigenvalue weighted by Gasteiger charge is 2.37. The van der Waals surface area contributed by atoms with Crippen LogP contribution >= 0.6 is 0 Å². The number of hydrogen-bond donors (Lipinski definition) is 3. The van der Waals surface area contributed by atoms with Crippen molar-refractivity contribution < 1.29 is 23.4 Å². The Morgan fingerprint density at radius 1 is 1.37 bits per heavy atom. The van der Waals surface area contributed by atoms with Gasteiger partial charge in [-0.2, -0.15) is 0 Å². The van der Waals surface area contributed by atoms with Crippen LogP contribution in [-0.4, -0.2) is 50.1 Å². The van der Waals surface area contributed by atoms with Crippen LogP contribution in [0.4, 0.5) is 0 Å². The fourth-order valence-corrected chi connectivity index (χ4v) is 3.17. The van der Waals surface area contributed by atoms with Gasteiger partial charge in [0.1, 0.15) is 12.2 Å². The molecule has 2 rings (SSSR count). The van der Waals surface area contributed by atoms with Crippen molar-refractivity contribution in [3.05, 3.63) is 29.8 Å². The molecule has 1 aliphatic heterocycles. The minimum absolute atomic E-state index is 0.0392. The molecule has 0 amide bonds. The van der Waals surface area contributed by atoms with E-state index in [4.69, 9.17) is 9.84 Å². The lowest BCUT2D eigenvalue weighted by molar-refractivity contribution is 0.00311. The number of hydrogen-bond acceptors (Lipinski definition) is 5. The van der Waals surface area contributed by atoms with Crippen molar-refractivity contribution in [1.29, 1.82) is 0 Å². The molecule has 1 aliphatic rings. The van der Waals surface area contributed by atoms with Crippen LogP contribution in [-0.2, 0) is 14.8 Å². The number of benzene rings is 1. The largest absolute Gasteiger partial charge is 0.394 e. The quantitative estimate of drug-likeness (QED) is 0.687. The number of aliphatic hydroxyl groups is 2. The Hall–Kier alpha value is -0.990. The highest BCUT2D eigenvalue weighted by atomic mass is 32.2. The first kappa shape index (κ1) is 14.4. The molecule has 0 radical (unpaired) electrons. The zero-order valence-electron chi connectivity index (χ0n) is 10.5. The van der Waals surface area contributed by atoms with Crippen LogP contribution in [0.15, 0.2) is 29.2 Å². The Bertz CT molecular complexity index is 528. The third-order valence-corrected chi connectivity index (χ3v) is 4.61. The van der Waals surface area contributed by atoms with Crippen LogP contribution in [0.5, 0.6) is 0 Å². The molecular weight excluding hydrogens is 270 g/mol. The fraction of sp³-hybridized carbons (Fsp3) is 0.500. The van der Waals surface area contributed by atoms with Gasteiger partial charge in [-0.3, -0.25) is 0 Å². The monoisotopic (exact) mass is 287 g/mol. The van der Waals surface area contributed by atoms with E-state index in [1.807, 2.05) is 6.92 Å². The summed E-state index contributed by atoms with van der Waals surface area (Å²) in [5.41, 5.74) is 0.962. The molecule has 106 valence electrons. The van der Waals surface area contributed by atoms with Gasteiger partial charge in [-0.25, -0.2) is 13.1 Å². The van der Waals surface area contributed by atoms with E-state index in [-0.39, 0.29) is 18.1 Å². The zero-order valence-corrected chi connectivity index (χ0v) is 11.3. The Balaban J connectivity index is 2.12. The molecule has 0 saturated carbocycles. The summed E-state index contributed by atoms with van der Waals surface area (Å²) < 4.78 is 31.7. The molecule has 1 heterocycles. The average Bonchev–Trinajstić information content (AvgIpc) is 2.70. The van der Waals surface area contributed by atoms with E-state index >= 15 is 0 Å². The predicted molar refractivity (Wildman–Crippen MR) is 68.1 cm³/mol. The molecule has 1 fully saturated rings. The van der Waals surface area contributed by atoms with Gasteiger partial charge in [-0.1, -0.05) is 17.7 Å². The molecule has 6 nitrogen and oxygen atoms in total. The van der Waals surface area contributed by atoms with E-state index in [1.165, 1.54) is 12.1 Å². The van der Waals surface area contributed by atoms with E-state index in [9.17, 15) is 13.5 Å². The first-order valence-electron chi connectivity index (χ1n) is 5.93. The molecule has 1 saturated heterocycles. The molecule has 7 heteroatoms. The van der Waals surface area contributed by atoms with Gasteiger partial charge in [0, 0.05) is 0 Å². The number of rotatable bonds is 4. The SMILES string of the molecule is Cc1ccc(S(=O)(=O)NC2COC(CO)C2O)cc1. The summed E-state index contributed by atoms with van der Waals surface area (Å²) in [5, 5.41) is 18.7. The first-order chi connectivity index (χ1) is 8.94. The topological polar surface area (TPSA) is 95.9 Å². The van der Waals surface area contributed by atoms with Gasteiger partial charge < -0.3 is 14.9 Å². The Kier molecular flexibility index (Phi) is 4.22. The third kappa shape index (κ3) is 3.13. The van der Waals surface area contributed by atoms with Crippen LogP contribution in [0.1, 0.15) is 5.56 Å². The zero-order chi connectivity index (χ0) is 14.0. The third-order valence-electron chi connectivity index (χ3n) is 3.10. The van der Waals surface area contributed by atoms with Crippen molar-refractivity contribution in [2.24, 2.45) is 0 Å². The molecule has 0 bridgehead atoms. The minimum atomic E-state index is -3.70. The summed E-state index contributed by atoms with van der Waals surface area (Å²) in [4.78, 5) is 0.137. The van der Waals surface area contributed by atoms with Crippen LogP contribution < -0.4 is 4.72 Å². The Morgan fingerprint density at radius 3 is 2.53 bits per heavy atom. The highest BCUT2D eigenvalue weighted by molar-refractivity contribution is 7.89. The van der Waals surface area contributed by atoms with Gasteiger partial charge in [0.05, 0.1) is 24.2 Å². The standard InChI is InChI=1S/C12H17NO5S/c1-8-2-4-9(5-3-8)19(16,17)13-10-7-18-11(6-14)12(10)15/h2-5,10-15H,6-7H2,1H3. The normalized spacial score (nSPS) is 27.6. The molecule has 3 unspecified atom stereocenters. The summed E-state index contributed by atoms with van der Waals surface area (Å²) in [6.07, 6.45) is -1.80. The van der Waals surface area contributed by atoms with E-state index in [2.05, 4.69) is 4.72 Å². The predicted octanol–water partition coefficient (Wildman–Crippen LogP) is -0.606. The van der Waals surface area contributed by atoms with Crippen LogP contribution in [0.3, 0.4) is 0 Å². The molecule has 1 aromatic rings. The summed E-state index contributed by atoms with van der Waals surface area (Å²) in [6, 6.07) is 5.66. The van der Waals surface area contributed by atoms with Crippen molar-refractivity contribution in [3.63, 3.8) is 0 Å². The fourth-order valence-electron chi connectivity index (χ4n) is 1.93. The van der Waals surface area contributed by atoms with Crippen LogP contribution in [0.25, 0.3) is 0 Å². The summed E-state index contributed by atoms with van der Waals surface area (Å²) in [6.45, 7) is 1.56. The summed E-state index contributed by atoms with van der Waals surface area (Å²) in [5.74, 6) is 0. The maximum atomic E-state index is 12.1. The maximum absolute atomic E-state index is 12.1.